The molecular weight excluding hydrogens is 548 g/mol. The summed E-state index contributed by atoms with van der Waals surface area (Å²) in [4.78, 5) is 36.5. The lowest BCUT2D eigenvalue weighted by atomic mass is 10.1. The van der Waals surface area contributed by atoms with E-state index in [4.69, 9.17) is 4.74 Å². The molecule has 1 aromatic carbocycles. The second-order valence-corrected chi connectivity index (χ2v) is 12.3. The Balaban J connectivity index is 1.37. The zero-order chi connectivity index (χ0) is 28.8. The highest BCUT2D eigenvalue weighted by Gasteiger charge is 2.48. The molecule has 0 spiro atoms. The number of nitrogens with one attached hydrogen (secondary N) is 2. The van der Waals surface area contributed by atoms with Crippen molar-refractivity contribution in [3.63, 3.8) is 0 Å². The number of hydrogen-bond acceptors (Lipinski definition) is 9. The first-order valence-corrected chi connectivity index (χ1v) is 14.7. The normalized spacial score (nSPS) is 20.1. The van der Waals surface area contributed by atoms with Crippen LogP contribution in [0.15, 0.2) is 24.4 Å². The van der Waals surface area contributed by atoms with Gasteiger partial charge in [-0.25, -0.2) is 13.4 Å². The van der Waals surface area contributed by atoms with E-state index in [0.29, 0.717) is 17.0 Å². The van der Waals surface area contributed by atoms with E-state index in [0.717, 1.165) is 36.8 Å². The van der Waals surface area contributed by atoms with Crippen molar-refractivity contribution in [3.05, 3.63) is 30.0 Å². The smallest absolute Gasteiger partial charge is 0.342 e. The van der Waals surface area contributed by atoms with Gasteiger partial charge in [-0.2, -0.15) is 18.1 Å². The van der Waals surface area contributed by atoms with Gasteiger partial charge in [0.15, 0.2) is 5.82 Å². The van der Waals surface area contributed by atoms with Crippen LogP contribution in [0.3, 0.4) is 0 Å². The topological polar surface area (TPSA) is 137 Å². The number of ether oxygens (including phenoxy) is 1. The molecule has 1 aromatic heterocycles. The second kappa shape index (κ2) is 10.4. The van der Waals surface area contributed by atoms with E-state index in [2.05, 4.69) is 20.6 Å². The number of amides is 2. The molecule has 3 aliphatic rings. The van der Waals surface area contributed by atoms with Gasteiger partial charge in [0.1, 0.15) is 11.4 Å². The zero-order valence-electron chi connectivity index (χ0n) is 22.4. The number of fused-ring (bicyclic) bond motifs is 1. The summed E-state index contributed by atoms with van der Waals surface area (Å²) in [6.45, 7) is -0.344. The molecule has 0 bridgehead atoms. The molecular formula is C25H31F2N7O5S. The fraction of sp³-hybridized carbons (Fsp3) is 0.520. The van der Waals surface area contributed by atoms with Crippen LogP contribution >= 0.6 is 0 Å². The molecule has 2 fully saturated rings. The maximum absolute atomic E-state index is 14.8. The summed E-state index contributed by atoms with van der Waals surface area (Å²) in [5.41, 5.74) is 0.934. The quantitative estimate of drug-likeness (QED) is 0.504. The Bertz CT molecular complexity index is 1430. The number of carbonyl (C=O) groups is 2. The van der Waals surface area contributed by atoms with Crippen LogP contribution in [0.1, 0.15) is 36.0 Å². The lowest BCUT2D eigenvalue weighted by Gasteiger charge is -2.37. The number of sulfonamides is 1. The SMILES string of the molecule is COc1cc(C(=O)NC2CN(S(C)(=O)=O)C2)ccc1Nc1ncc2c(n1)N(C1CCCC1)CC(F)(F)C(=O)N2C. The lowest BCUT2D eigenvalue weighted by molar-refractivity contribution is -0.140. The summed E-state index contributed by atoms with van der Waals surface area (Å²) < 4.78 is 59.5. The number of rotatable bonds is 7. The first kappa shape index (κ1) is 28.0. The molecule has 216 valence electrons. The zero-order valence-corrected chi connectivity index (χ0v) is 23.2. The van der Waals surface area contributed by atoms with Crippen molar-refractivity contribution in [2.75, 3.05) is 55.2 Å². The largest absolute Gasteiger partial charge is 0.495 e. The average Bonchev–Trinajstić information content (AvgIpc) is 3.40. The van der Waals surface area contributed by atoms with E-state index < -0.39 is 28.4 Å². The van der Waals surface area contributed by atoms with Gasteiger partial charge in [-0.3, -0.25) is 9.59 Å². The molecule has 0 atom stereocenters. The number of methoxy groups -OCH3 is 1. The van der Waals surface area contributed by atoms with E-state index >= 15 is 0 Å². The van der Waals surface area contributed by atoms with E-state index in [9.17, 15) is 26.8 Å². The van der Waals surface area contributed by atoms with E-state index in [1.165, 1.54) is 35.6 Å². The number of anilines is 4. The predicted molar refractivity (Wildman–Crippen MR) is 144 cm³/mol. The third kappa shape index (κ3) is 5.39. The minimum absolute atomic E-state index is 0.110. The summed E-state index contributed by atoms with van der Waals surface area (Å²) in [5.74, 6) is -4.60. The van der Waals surface area contributed by atoms with Crippen LogP contribution in [-0.4, -0.2) is 92.6 Å². The molecule has 3 heterocycles. The number of halogens is 2. The summed E-state index contributed by atoms with van der Waals surface area (Å²) in [5, 5.41) is 5.83. The Kier molecular flexibility index (Phi) is 7.29. The molecule has 40 heavy (non-hydrogen) atoms. The molecule has 12 nitrogen and oxygen atoms in total. The minimum Gasteiger partial charge on any atom is -0.495 e. The molecule has 2 aromatic rings. The van der Waals surface area contributed by atoms with E-state index in [1.807, 2.05) is 0 Å². The highest BCUT2D eigenvalue weighted by atomic mass is 32.2. The van der Waals surface area contributed by atoms with Crippen molar-refractivity contribution < 1.29 is 31.5 Å². The summed E-state index contributed by atoms with van der Waals surface area (Å²) >= 11 is 0. The van der Waals surface area contributed by atoms with Crippen molar-refractivity contribution in [1.82, 2.24) is 19.6 Å². The van der Waals surface area contributed by atoms with Gasteiger partial charge in [-0.05, 0) is 31.0 Å². The highest BCUT2D eigenvalue weighted by molar-refractivity contribution is 7.88. The van der Waals surface area contributed by atoms with Crippen molar-refractivity contribution in [2.45, 2.75) is 43.7 Å². The van der Waals surface area contributed by atoms with E-state index in [-0.39, 0.29) is 48.5 Å². The lowest BCUT2D eigenvalue weighted by Crippen LogP contribution is -2.60. The van der Waals surface area contributed by atoms with Gasteiger partial charge in [0.05, 0.1) is 37.8 Å². The molecule has 2 amide bonds. The van der Waals surface area contributed by atoms with Gasteiger partial charge >= 0.3 is 5.92 Å². The fourth-order valence-electron chi connectivity index (χ4n) is 5.23. The molecule has 15 heteroatoms. The molecule has 5 rings (SSSR count). The Morgan fingerprint density at radius 3 is 2.55 bits per heavy atom. The van der Waals surface area contributed by atoms with Crippen LogP contribution in [0.5, 0.6) is 5.75 Å². The molecule has 1 saturated heterocycles. The van der Waals surface area contributed by atoms with Crippen LogP contribution < -0.4 is 25.2 Å². The van der Waals surface area contributed by atoms with Gasteiger partial charge in [0.2, 0.25) is 16.0 Å². The third-order valence-electron chi connectivity index (χ3n) is 7.50. The Morgan fingerprint density at radius 1 is 1.20 bits per heavy atom. The maximum Gasteiger partial charge on any atom is 0.342 e. The molecule has 0 unspecified atom stereocenters. The number of carbonyl (C=O) groups excluding carboxylic acids is 2. The van der Waals surface area contributed by atoms with Crippen LogP contribution in [0.25, 0.3) is 0 Å². The molecule has 0 radical (unpaired) electrons. The van der Waals surface area contributed by atoms with Crippen LogP contribution in [0.4, 0.5) is 31.9 Å². The Hall–Kier alpha value is -3.59. The highest BCUT2D eigenvalue weighted by Crippen LogP contribution is 2.40. The van der Waals surface area contributed by atoms with Crippen molar-refractivity contribution in [1.29, 1.82) is 0 Å². The van der Waals surface area contributed by atoms with Gasteiger partial charge < -0.3 is 25.2 Å². The molecule has 2 N–H and O–H groups in total. The summed E-state index contributed by atoms with van der Waals surface area (Å²) in [7, 11) is -0.569. The first-order chi connectivity index (χ1) is 18.9. The molecule has 1 aliphatic carbocycles. The van der Waals surface area contributed by atoms with Crippen LogP contribution in [0.2, 0.25) is 0 Å². The van der Waals surface area contributed by atoms with Crippen LogP contribution in [-0.2, 0) is 14.8 Å². The molecule has 1 saturated carbocycles. The fourth-order valence-corrected chi connectivity index (χ4v) is 6.13. The summed E-state index contributed by atoms with van der Waals surface area (Å²) in [6.07, 6.45) is 5.74. The van der Waals surface area contributed by atoms with Gasteiger partial charge in [-0.1, -0.05) is 12.8 Å². The minimum atomic E-state index is -3.58. The first-order valence-electron chi connectivity index (χ1n) is 12.9. The average molecular weight is 580 g/mol. The number of benzene rings is 1. The number of aromatic nitrogens is 2. The van der Waals surface area contributed by atoms with Gasteiger partial charge in [0.25, 0.3) is 11.8 Å². The summed E-state index contributed by atoms with van der Waals surface area (Å²) in [6, 6.07) is 4.23. The van der Waals surface area contributed by atoms with Crippen molar-refractivity contribution in [3.8, 4) is 5.75 Å². The number of alkyl halides is 2. The number of nitrogens with zero attached hydrogens (tertiary/aromatic N) is 5. The predicted octanol–water partition coefficient (Wildman–Crippen LogP) is 1.96. The third-order valence-corrected chi connectivity index (χ3v) is 8.73. The monoisotopic (exact) mass is 579 g/mol. The molecule has 2 aliphatic heterocycles. The standard InChI is InChI=1S/C25H31F2N7O5S/c1-32-19-11-28-24(31-21(19)34(17-6-4-5-7-17)14-25(26,27)23(32)36)30-18-9-8-15(10-20(18)39-2)22(35)29-16-12-33(13-16)40(3,37)38/h8-11,16-17H,4-7,12-14H2,1-3H3,(H,29,35)(H,28,30,31). The van der Waals surface area contributed by atoms with Gasteiger partial charge in [-0.15, -0.1) is 0 Å². The van der Waals surface area contributed by atoms with Crippen molar-refractivity contribution >= 4 is 45.0 Å². The maximum atomic E-state index is 14.8. The second-order valence-electron chi connectivity index (χ2n) is 10.3. The van der Waals surface area contributed by atoms with E-state index in [1.54, 1.807) is 12.1 Å². The van der Waals surface area contributed by atoms with Crippen molar-refractivity contribution in [2.24, 2.45) is 0 Å². The Morgan fingerprint density at radius 2 is 1.90 bits per heavy atom. The van der Waals surface area contributed by atoms with Gasteiger partial charge in [0, 0.05) is 31.7 Å². The van der Waals surface area contributed by atoms with Crippen LogP contribution in [0, 0.1) is 0 Å². The number of hydrogen-bond donors (Lipinski definition) is 2. The Labute approximate surface area is 230 Å².